The van der Waals surface area contributed by atoms with E-state index in [1.807, 2.05) is 30.3 Å². The molecule has 0 radical (unpaired) electrons. The van der Waals surface area contributed by atoms with Gasteiger partial charge < -0.3 is 15.4 Å². The molecule has 8 nitrogen and oxygen atoms in total. The van der Waals surface area contributed by atoms with Crippen molar-refractivity contribution in [2.75, 3.05) is 23.7 Å². The maximum absolute atomic E-state index is 14.9. The van der Waals surface area contributed by atoms with Gasteiger partial charge in [-0.2, -0.15) is 4.98 Å². The summed E-state index contributed by atoms with van der Waals surface area (Å²) < 4.78 is 48.3. The van der Waals surface area contributed by atoms with E-state index in [0.29, 0.717) is 48.6 Å². The molecule has 0 aliphatic carbocycles. The lowest BCUT2D eigenvalue weighted by Crippen LogP contribution is -2.25. The van der Waals surface area contributed by atoms with Gasteiger partial charge in [0.05, 0.1) is 4.90 Å². The molecule has 3 aromatic carbocycles. The Bertz CT molecular complexity index is 1500. The van der Waals surface area contributed by atoms with Crippen LogP contribution in [-0.2, 0) is 16.6 Å². The van der Waals surface area contributed by atoms with Gasteiger partial charge in [-0.15, -0.1) is 0 Å². The molecule has 1 aliphatic heterocycles. The smallest absolute Gasteiger partial charge is 0.240 e. The van der Waals surface area contributed by atoms with Gasteiger partial charge in [0, 0.05) is 30.5 Å². The summed E-state index contributed by atoms with van der Waals surface area (Å²) in [5.41, 5.74) is 2.73. The molecule has 1 aromatic heterocycles. The van der Waals surface area contributed by atoms with Gasteiger partial charge in [0.25, 0.3) is 0 Å². The first-order chi connectivity index (χ1) is 18.0. The molecule has 0 saturated carbocycles. The second-order valence-corrected chi connectivity index (χ2v) is 10.3. The van der Waals surface area contributed by atoms with E-state index >= 15 is 0 Å². The molecule has 190 valence electrons. The van der Waals surface area contributed by atoms with E-state index in [2.05, 4.69) is 25.3 Å². The van der Waals surface area contributed by atoms with Gasteiger partial charge in [-0.25, -0.2) is 22.5 Å². The minimum atomic E-state index is -3.61. The Morgan fingerprint density at radius 3 is 2.62 bits per heavy atom. The van der Waals surface area contributed by atoms with Crippen LogP contribution in [0.3, 0.4) is 0 Å². The number of rotatable bonds is 4. The Kier molecular flexibility index (Phi) is 7.29. The van der Waals surface area contributed by atoms with Crippen LogP contribution in [0, 0.1) is 5.82 Å². The van der Waals surface area contributed by atoms with Crippen molar-refractivity contribution in [3.05, 3.63) is 90.4 Å². The van der Waals surface area contributed by atoms with Crippen LogP contribution in [-0.4, -0.2) is 31.5 Å². The second-order valence-electron chi connectivity index (χ2n) is 8.56. The molecule has 0 saturated heterocycles. The zero-order valence-electron chi connectivity index (χ0n) is 19.9. The summed E-state index contributed by atoms with van der Waals surface area (Å²) in [6, 6.07) is 20.8. The minimum absolute atomic E-state index is 0.162. The Balaban J connectivity index is 1.42. The molecule has 0 unspecified atom stereocenters. The van der Waals surface area contributed by atoms with Crippen LogP contribution in [0.1, 0.15) is 18.4 Å². The Morgan fingerprint density at radius 2 is 1.78 bits per heavy atom. The van der Waals surface area contributed by atoms with Gasteiger partial charge in [0.15, 0.2) is 11.6 Å². The third-order valence-electron chi connectivity index (χ3n) is 5.86. The van der Waals surface area contributed by atoms with Gasteiger partial charge in [-0.3, -0.25) is 0 Å². The highest BCUT2D eigenvalue weighted by Crippen LogP contribution is 2.31. The molecule has 5 rings (SSSR count). The van der Waals surface area contributed by atoms with Crippen molar-refractivity contribution >= 4 is 27.5 Å². The van der Waals surface area contributed by atoms with Crippen molar-refractivity contribution in [2.24, 2.45) is 0 Å². The number of fused-ring (bicyclic) bond motifs is 4. The van der Waals surface area contributed by atoms with E-state index in [1.165, 1.54) is 18.2 Å². The summed E-state index contributed by atoms with van der Waals surface area (Å²) >= 11 is 0. The lowest BCUT2D eigenvalue weighted by Gasteiger charge is -2.15. The lowest BCUT2D eigenvalue weighted by atomic mass is 10.1. The molecule has 2 heterocycles. The van der Waals surface area contributed by atoms with Crippen molar-refractivity contribution in [3.8, 4) is 16.9 Å². The minimum Gasteiger partial charge on any atom is -0.486 e. The normalized spacial score (nSPS) is 15.1. The number of aromatic nitrogens is 2. The van der Waals surface area contributed by atoms with Crippen molar-refractivity contribution in [3.63, 3.8) is 0 Å². The average Bonchev–Trinajstić information content (AvgIpc) is 2.90. The van der Waals surface area contributed by atoms with Crippen LogP contribution in [0.25, 0.3) is 11.1 Å². The number of nitrogens with zero attached hydrogens (tertiary/aromatic N) is 2. The fourth-order valence-electron chi connectivity index (χ4n) is 3.93. The molecule has 4 aromatic rings. The number of anilines is 3. The fraction of sp³-hybridized carbons (Fsp3) is 0.185. The number of hydrogen-bond donors (Lipinski definition) is 3. The molecule has 10 heteroatoms. The number of nitrogens with one attached hydrogen (secondary N) is 3. The van der Waals surface area contributed by atoms with E-state index in [0.717, 1.165) is 5.56 Å². The molecule has 4 bridgehead atoms. The number of hydrogen-bond acceptors (Lipinski definition) is 7. The molecule has 0 spiro atoms. The van der Waals surface area contributed by atoms with Crippen molar-refractivity contribution in [1.29, 1.82) is 0 Å². The number of ether oxygens (including phenoxy) is 1. The zero-order valence-corrected chi connectivity index (χ0v) is 20.8. The van der Waals surface area contributed by atoms with Crippen molar-refractivity contribution in [2.45, 2.75) is 24.3 Å². The summed E-state index contributed by atoms with van der Waals surface area (Å²) in [4.78, 5) is 9.16. The summed E-state index contributed by atoms with van der Waals surface area (Å²) in [6.45, 7) is 1.14. The third-order valence-corrected chi connectivity index (χ3v) is 7.32. The Hall–Kier alpha value is -4.02. The highest BCUT2D eigenvalue weighted by atomic mass is 32.2. The first-order valence-electron chi connectivity index (χ1n) is 11.9. The summed E-state index contributed by atoms with van der Waals surface area (Å²) in [5.74, 6) is 0.517. The topological polar surface area (TPSA) is 105 Å². The predicted molar refractivity (Wildman–Crippen MR) is 141 cm³/mol. The van der Waals surface area contributed by atoms with Gasteiger partial charge in [0.2, 0.25) is 16.0 Å². The molecule has 37 heavy (non-hydrogen) atoms. The van der Waals surface area contributed by atoms with E-state index < -0.39 is 15.8 Å². The molecule has 0 fully saturated rings. The van der Waals surface area contributed by atoms with Gasteiger partial charge in [-0.1, -0.05) is 42.5 Å². The summed E-state index contributed by atoms with van der Waals surface area (Å²) in [6.07, 6.45) is 2.96. The molecular formula is C27H26FN5O3S. The van der Waals surface area contributed by atoms with E-state index in [9.17, 15) is 12.8 Å². The van der Waals surface area contributed by atoms with Crippen LogP contribution in [0.2, 0.25) is 0 Å². The molecule has 1 aliphatic rings. The van der Waals surface area contributed by atoms with Gasteiger partial charge in [-0.05, 0) is 54.3 Å². The monoisotopic (exact) mass is 519 g/mol. The quantitative estimate of drug-likeness (QED) is 0.345. The predicted octanol–water partition coefficient (Wildman–Crippen LogP) is 5.09. The molecule has 0 amide bonds. The maximum atomic E-state index is 14.9. The highest BCUT2D eigenvalue weighted by molar-refractivity contribution is 7.89. The van der Waals surface area contributed by atoms with Crippen molar-refractivity contribution in [1.82, 2.24) is 14.7 Å². The Morgan fingerprint density at radius 1 is 0.946 bits per heavy atom. The maximum Gasteiger partial charge on any atom is 0.240 e. The lowest BCUT2D eigenvalue weighted by molar-refractivity contribution is 0.290. The van der Waals surface area contributed by atoms with Crippen LogP contribution in [0.4, 0.5) is 21.8 Å². The van der Waals surface area contributed by atoms with Crippen molar-refractivity contribution < 1.29 is 17.5 Å². The highest BCUT2D eigenvalue weighted by Gasteiger charge is 2.16. The van der Waals surface area contributed by atoms with E-state index in [4.69, 9.17) is 4.74 Å². The largest absolute Gasteiger partial charge is 0.486 e. The molecule has 0 atom stereocenters. The number of benzene rings is 3. The second kappa shape index (κ2) is 10.9. The first-order valence-corrected chi connectivity index (χ1v) is 13.4. The van der Waals surface area contributed by atoms with E-state index in [-0.39, 0.29) is 23.2 Å². The fourth-order valence-corrected chi connectivity index (χ4v) is 5.05. The Labute approximate surface area is 215 Å². The van der Waals surface area contributed by atoms with E-state index in [1.54, 1.807) is 30.5 Å². The zero-order chi connectivity index (χ0) is 25.7. The van der Waals surface area contributed by atoms with Gasteiger partial charge in [0.1, 0.15) is 12.4 Å². The van der Waals surface area contributed by atoms with Crippen LogP contribution >= 0.6 is 0 Å². The standard InChI is InChI=1S/C27H26FN5O3S/c28-24-15-20(11-12-25(24)36-18-19-7-2-1-3-8-19)23-17-30-27-32-21-9-6-10-22(16-21)37(34,35)31-14-5-4-13-29-26(23)33-27/h1-3,6-12,15-17,31H,4-5,13-14,18H2,(H2,29,30,32,33). The molecular weight excluding hydrogens is 493 g/mol. The first kappa shape index (κ1) is 24.7. The van der Waals surface area contributed by atoms with Gasteiger partial charge >= 0.3 is 0 Å². The third kappa shape index (κ3) is 6.04. The van der Waals surface area contributed by atoms with Crippen LogP contribution in [0.5, 0.6) is 5.75 Å². The number of halogens is 1. The number of sulfonamides is 1. The van der Waals surface area contributed by atoms with Crippen LogP contribution < -0.4 is 20.1 Å². The molecule has 3 N–H and O–H groups in total. The summed E-state index contributed by atoms with van der Waals surface area (Å²) in [5, 5.41) is 6.35. The average molecular weight is 520 g/mol. The summed E-state index contributed by atoms with van der Waals surface area (Å²) in [7, 11) is -3.61. The van der Waals surface area contributed by atoms with Crippen LogP contribution in [0.15, 0.2) is 83.9 Å². The SMILES string of the molecule is O=S1(=O)NCCCCNc2nc(ncc2-c2ccc(OCc3ccccc3)c(F)c2)Nc2cccc1c2.